The molecule has 0 aromatic heterocycles. The molecule has 10 heteroatoms. The van der Waals surface area contributed by atoms with E-state index in [0.717, 1.165) is 31.5 Å². The largest absolute Gasteiger partial charge is 0.388 e. The molecule has 0 aliphatic heterocycles. The zero-order chi connectivity index (χ0) is 22.9. The van der Waals surface area contributed by atoms with Crippen molar-refractivity contribution in [2.75, 3.05) is 25.0 Å². The summed E-state index contributed by atoms with van der Waals surface area (Å²) >= 11 is 3.31. The summed E-state index contributed by atoms with van der Waals surface area (Å²) in [5, 5.41) is 11.6. The molecule has 0 heterocycles. The van der Waals surface area contributed by atoms with E-state index in [1.54, 1.807) is 13.8 Å². The Labute approximate surface area is 187 Å². The average molecular weight is 490 g/mol. The molecule has 0 aromatic rings. The van der Waals surface area contributed by atoms with Crippen LogP contribution in [0, 0.1) is 5.92 Å². The quantitative estimate of drug-likeness (QED) is 0.154. The van der Waals surface area contributed by atoms with Crippen molar-refractivity contribution >= 4 is 39.6 Å². The number of carbonyl (C=O) groups excluding carboxylic acids is 4. The first-order valence-electron chi connectivity index (χ1n) is 10.3. The monoisotopic (exact) mass is 489 g/mol. The van der Waals surface area contributed by atoms with Gasteiger partial charge in [-0.1, -0.05) is 42.8 Å². The van der Waals surface area contributed by atoms with Gasteiger partial charge in [-0.05, 0) is 25.7 Å². The number of hydrogen-bond donors (Lipinski definition) is 5. The van der Waals surface area contributed by atoms with Crippen molar-refractivity contribution in [1.82, 2.24) is 21.3 Å². The van der Waals surface area contributed by atoms with E-state index in [1.807, 2.05) is 0 Å². The summed E-state index contributed by atoms with van der Waals surface area (Å²) in [6.07, 6.45) is 3.79. The van der Waals surface area contributed by atoms with Crippen molar-refractivity contribution in [3.8, 4) is 0 Å². The molecule has 0 saturated heterocycles. The van der Waals surface area contributed by atoms with Crippen LogP contribution >= 0.6 is 15.9 Å². The second kappa shape index (κ2) is 16.7. The molecule has 172 valence electrons. The molecule has 4 amide bonds. The van der Waals surface area contributed by atoms with Crippen LogP contribution in [0.5, 0.6) is 0 Å². The zero-order valence-corrected chi connectivity index (χ0v) is 19.6. The molecule has 0 unspecified atom stereocenters. The Morgan fingerprint density at radius 1 is 0.933 bits per heavy atom. The third-order valence-corrected chi connectivity index (χ3v) is 4.96. The molecule has 6 N–H and O–H groups in total. The number of alkyl halides is 1. The first-order chi connectivity index (χ1) is 14.2. The van der Waals surface area contributed by atoms with Crippen LogP contribution in [0.1, 0.15) is 52.4 Å². The van der Waals surface area contributed by atoms with Crippen LogP contribution in [0.4, 0.5) is 4.79 Å². The maximum atomic E-state index is 12.3. The summed E-state index contributed by atoms with van der Waals surface area (Å²) in [5.41, 5.74) is 5.93. The Bertz CT molecular complexity index is 584. The van der Waals surface area contributed by atoms with Gasteiger partial charge in [-0.2, -0.15) is 0 Å². The van der Waals surface area contributed by atoms with Crippen molar-refractivity contribution < 1.29 is 19.2 Å². The first-order valence-corrected chi connectivity index (χ1v) is 11.4. The van der Waals surface area contributed by atoms with E-state index in [9.17, 15) is 19.2 Å². The van der Waals surface area contributed by atoms with Gasteiger partial charge in [-0.25, -0.2) is 4.79 Å². The SMILES string of the molecule is C=C(CBr)NCCCCCC(=O)NCC(=O)N[C@@H](CCCNC(N)=O)C(=O)C(C)C. The maximum absolute atomic E-state index is 12.3. The number of nitrogens with one attached hydrogen (secondary N) is 4. The van der Waals surface area contributed by atoms with Crippen LogP contribution in [-0.4, -0.2) is 54.6 Å². The Morgan fingerprint density at radius 2 is 1.60 bits per heavy atom. The number of rotatable bonds is 17. The number of allylic oxidation sites excluding steroid dienone is 1. The zero-order valence-electron chi connectivity index (χ0n) is 18.0. The third kappa shape index (κ3) is 14.8. The Morgan fingerprint density at radius 3 is 2.20 bits per heavy atom. The Hall–Kier alpha value is -2.10. The van der Waals surface area contributed by atoms with Crippen LogP contribution in [0.3, 0.4) is 0 Å². The summed E-state index contributed by atoms with van der Waals surface area (Å²) in [6.45, 7) is 8.31. The van der Waals surface area contributed by atoms with Crippen molar-refractivity contribution in [3.63, 3.8) is 0 Å². The minimum atomic E-state index is -0.661. The van der Waals surface area contributed by atoms with Crippen LogP contribution < -0.4 is 27.0 Å². The van der Waals surface area contributed by atoms with Gasteiger partial charge in [0.25, 0.3) is 0 Å². The fourth-order valence-electron chi connectivity index (χ4n) is 2.62. The molecule has 0 spiro atoms. The summed E-state index contributed by atoms with van der Waals surface area (Å²) in [6, 6.07) is -1.29. The van der Waals surface area contributed by atoms with Crippen LogP contribution in [0.25, 0.3) is 0 Å². The lowest BCUT2D eigenvalue weighted by molar-refractivity contribution is -0.130. The number of halogens is 1. The highest BCUT2D eigenvalue weighted by molar-refractivity contribution is 9.09. The lowest BCUT2D eigenvalue weighted by Gasteiger charge is -2.20. The van der Waals surface area contributed by atoms with E-state index < -0.39 is 18.0 Å². The number of ketones is 1. The predicted octanol–water partition coefficient (Wildman–Crippen LogP) is 1.32. The molecule has 30 heavy (non-hydrogen) atoms. The Kier molecular flexibility index (Phi) is 15.5. The smallest absolute Gasteiger partial charge is 0.312 e. The average Bonchev–Trinajstić information content (AvgIpc) is 2.70. The van der Waals surface area contributed by atoms with Crippen molar-refractivity contribution in [2.45, 2.75) is 58.4 Å². The van der Waals surface area contributed by atoms with E-state index in [4.69, 9.17) is 5.73 Å². The molecule has 0 radical (unpaired) electrons. The number of unbranched alkanes of at least 4 members (excludes halogenated alkanes) is 2. The number of urea groups is 1. The molecule has 0 fully saturated rings. The molecule has 0 rings (SSSR count). The Balaban J connectivity index is 4.15. The molecular weight excluding hydrogens is 454 g/mol. The number of amides is 4. The number of hydrogen-bond acceptors (Lipinski definition) is 5. The molecular formula is C20H36BrN5O4. The minimum absolute atomic E-state index is 0.0926. The van der Waals surface area contributed by atoms with Gasteiger partial charge in [0, 0.05) is 36.5 Å². The predicted molar refractivity (Wildman–Crippen MR) is 121 cm³/mol. The number of nitrogens with two attached hydrogens (primary N) is 1. The number of Topliss-reactive ketones (excluding diaryl/α,β-unsaturated/α-hetero) is 1. The fourth-order valence-corrected chi connectivity index (χ4v) is 2.82. The fraction of sp³-hybridized carbons (Fsp3) is 0.700. The van der Waals surface area contributed by atoms with Gasteiger partial charge in [0.15, 0.2) is 5.78 Å². The molecule has 9 nitrogen and oxygen atoms in total. The highest BCUT2D eigenvalue weighted by atomic mass is 79.9. The van der Waals surface area contributed by atoms with E-state index in [1.165, 1.54) is 0 Å². The summed E-state index contributed by atoms with van der Waals surface area (Å²) < 4.78 is 0. The summed E-state index contributed by atoms with van der Waals surface area (Å²) in [7, 11) is 0. The van der Waals surface area contributed by atoms with E-state index >= 15 is 0 Å². The summed E-state index contributed by atoms with van der Waals surface area (Å²) in [5.74, 6) is -0.941. The number of carbonyl (C=O) groups is 4. The lowest BCUT2D eigenvalue weighted by Crippen LogP contribution is -2.47. The lowest BCUT2D eigenvalue weighted by atomic mass is 9.98. The van der Waals surface area contributed by atoms with Crippen LogP contribution in [0.15, 0.2) is 12.3 Å². The summed E-state index contributed by atoms with van der Waals surface area (Å²) in [4.78, 5) is 47.0. The van der Waals surface area contributed by atoms with Crippen molar-refractivity contribution in [2.24, 2.45) is 11.7 Å². The minimum Gasteiger partial charge on any atom is -0.388 e. The molecule has 0 aromatic carbocycles. The third-order valence-electron chi connectivity index (χ3n) is 4.28. The standard InChI is InChI=1S/C20H36BrN5O4/c1-14(2)19(29)16(8-7-11-24-20(22)30)26-18(28)13-25-17(27)9-5-4-6-10-23-15(3)12-21/h14,16,23H,3-13H2,1-2H3,(H,25,27)(H,26,28)(H3,22,24,30)/t16-/m0/s1. The van der Waals surface area contributed by atoms with Gasteiger partial charge in [-0.15, -0.1) is 0 Å². The van der Waals surface area contributed by atoms with E-state index in [2.05, 4.69) is 43.8 Å². The van der Waals surface area contributed by atoms with E-state index in [0.29, 0.717) is 31.1 Å². The second-order valence-corrected chi connectivity index (χ2v) is 7.92. The second-order valence-electron chi connectivity index (χ2n) is 7.36. The molecule has 0 bridgehead atoms. The van der Waals surface area contributed by atoms with Crippen LogP contribution in [-0.2, 0) is 14.4 Å². The van der Waals surface area contributed by atoms with Gasteiger partial charge in [0.2, 0.25) is 11.8 Å². The van der Waals surface area contributed by atoms with Crippen molar-refractivity contribution in [1.29, 1.82) is 0 Å². The van der Waals surface area contributed by atoms with Gasteiger partial charge >= 0.3 is 6.03 Å². The van der Waals surface area contributed by atoms with Crippen LogP contribution in [0.2, 0.25) is 0 Å². The maximum Gasteiger partial charge on any atom is 0.312 e. The van der Waals surface area contributed by atoms with Gasteiger partial charge < -0.3 is 27.0 Å². The highest BCUT2D eigenvalue weighted by Crippen LogP contribution is 2.06. The molecule has 1 atom stereocenters. The van der Waals surface area contributed by atoms with Gasteiger partial charge in [0.1, 0.15) is 0 Å². The number of primary amides is 1. The molecule has 0 aliphatic rings. The van der Waals surface area contributed by atoms with Gasteiger partial charge in [-0.3, -0.25) is 14.4 Å². The van der Waals surface area contributed by atoms with Gasteiger partial charge in [0.05, 0.1) is 12.6 Å². The first kappa shape index (κ1) is 27.9. The molecule has 0 aliphatic carbocycles. The topological polar surface area (TPSA) is 142 Å². The molecule has 0 saturated carbocycles. The van der Waals surface area contributed by atoms with E-state index in [-0.39, 0.29) is 24.2 Å². The van der Waals surface area contributed by atoms with Crippen molar-refractivity contribution in [3.05, 3.63) is 12.3 Å². The normalized spacial score (nSPS) is 11.5. The highest BCUT2D eigenvalue weighted by Gasteiger charge is 2.22.